The van der Waals surface area contributed by atoms with Crippen molar-refractivity contribution in [3.63, 3.8) is 0 Å². The van der Waals surface area contributed by atoms with E-state index in [1.165, 1.54) is 12.1 Å². The van der Waals surface area contributed by atoms with E-state index in [1.54, 1.807) is 13.0 Å². The number of benzene rings is 1. The van der Waals surface area contributed by atoms with Gasteiger partial charge in [0.1, 0.15) is 4.90 Å². The second-order valence-electron chi connectivity index (χ2n) is 4.21. The lowest BCUT2D eigenvalue weighted by atomic mass is 10.2. The number of aryl methyl sites for hydroxylation is 1. The molecule has 0 aliphatic rings. The number of carboxylic acids is 1. The minimum Gasteiger partial charge on any atom is -0.478 e. The average molecular weight is 331 g/mol. The molecule has 0 unspecified atom stereocenters. The quantitative estimate of drug-likeness (QED) is 0.865. The van der Waals surface area contributed by atoms with Crippen molar-refractivity contribution in [3.8, 4) is 0 Å². The fourth-order valence-corrected chi connectivity index (χ4v) is 3.10. The van der Waals surface area contributed by atoms with Crippen LogP contribution in [0.3, 0.4) is 0 Å². The van der Waals surface area contributed by atoms with Crippen LogP contribution in [-0.4, -0.2) is 24.7 Å². The number of halogens is 1. The van der Waals surface area contributed by atoms with Crippen LogP contribution >= 0.6 is 11.6 Å². The summed E-state index contributed by atoms with van der Waals surface area (Å²) in [5.74, 6) is -0.907. The molecule has 1 heterocycles. The fraction of sp³-hybridized carbons (Fsp3) is 0.167. The molecule has 0 aliphatic carbocycles. The van der Waals surface area contributed by atoms with Crippen molar-refractivity contribution in [1.29, 1.82) is 0 Å². The predicted octanol–water partition coefficient (Wildman–Crippen LogP) is 1.81. The number of nitrogens with zero attached hydrogens (tertiary/aromatic N) is 1. The number of hydrogen-bond acceptors (Lipinski definition) is 5. The molecule has 0 saturated carbocycles. The fourth-order valence-electron chi connectivity index (χ4n) is 1.59. The SMILES string of the molecule is Cc1cc(CNS(=O)(=O)c2cc(C(=O)O)ccc2Cl)on1. The first-order chi connectivity index (χ1) is 9.79. The number of rotatable bonds is 5. The van der Waals surface area contributed by atoms with Gasteiger partial charge in [-0.15, -0.1) is 0 Å². The molecule has 2 aromatic rings. The molecule has 1 aromatic heterocycles. The predicted molar refractivity (Wildman–Crippen MR) is 73.7 cm³/mol. The highest BCUT2D eigenvalue weighted by atomic mass is 35.5. The maximum atomic E-state index is 12.2. The Morgan fingerprint density at radius 1 is 1.43 bits per heavy atom. The summed E-state index contributed by atoms with van der Waals surface area (Å²) < 4.78 is 31.5. The summed E-state index contributed by atoms with van der Waals surface area (Å²) in [6.07, 6.45) is 0. The Hall–Kier alpha value is -1.90. The highest BCUT2D eigenvalue weighted by molar-refractivity contribution is 7.89. The molecule has 2 N–H and O–H groups in total. The molecular weight excluding hydrogens is 320 g/mol. The first-order valence-electron chi connectivity index (χ1n) is 5.74. The number of carboxylic acid groups (broad SMARTS) is 1. The number of hydrogen-bond donors (Lipinski definition) is 2. The first-order valence-corrected chi connectivity index (χ1v) is 7.60. The molecule has 0 spiro atoms. The third-order valence-electron chi connectivity index (χ3n) is 2.58. The lowest BCUT2D eigenvalue weighted by Gasteiger charge is -2.08. The largest absolute Gasteiger partial charge is 0.478 e. The van der Waals surface area contributed by atoms with E-state index in [0.29, 0.717) is 11.5 Å². The number of nitrogens with one attached hydrogen (secondary N) is 1. The van der Waals surface area contributed by atoms with Gasteiger partial charge in [-0.1, -0.05) is 16.8 Å². The van der Waals surface area contributed by atoms with Gasteiger partial charge in [-0.2, -0.15) is 0 Å². The van der Waals surface area contributed by atoms with Crippen LogP contribution in [-0.2, 0) is 16.6 Å². The number of sulfonamides is 1. The van der Waals surface area contributed by atoms with E-state index in [4.69, 9.17) is 21.2 Å². The summed E-state index contributed by atoms with van der Waals surface area (Å²) in [5, 5.41) is 12.5. The summed E-state index contributed by atoms with van der Waals surface area (Å²) in [4.78, 5) is 10.6. The molecule has 21 heavy (non-hydrogen) atoms. The highest BCUT2D eigenvalue weighted by Gasteiger charge is 2.20. The van der Waals surface area contributed by atoms with Crippen LogP contribution in [0.1, 0.15) is 21.8 Å². The van der Waals surface area contributed by atoms with E-state index in [0.717, 1.165) is 6.07 Å². The zero-order valence-electron chi connectivity index (χ0n) is 10.8. The number of aromatic carboxylic acids is 1. The Labute approximate surface area is 125 Å². The normalized spacial score (nSPS) is 11.5. The Morgan fingerprint density at radius 3 is 2.71 bits per heavy atom. The van der Waals surface area contributed by atoms with Crippen LogP contribution in [0.2, 0.25) is 5.02 Å². The summed E-state index contributed by atoms with van der Waals surface area (Å²) in [6, 6.07) is 5.03. The van der Waals surface area contributed by atoms with Crippen molar-refractivity contribution in [2.24, 2.45) is 0 Å². The standard InChI is InChI=1S/C12H11ClN2O5S/c1-7-4-9(20-15-7)6-14-21(18,19)11-5-8(12(16)17)2-3-10(11)13/h2-5,14H,6H2,1H3,(H,16,17). The Balaban J connectivity index is 2.26. The second-order valence-corrected chi connectivity index (χ2v) is 6.35. The second kappa shape index (κ2) is 5.84. The van der Waals surface area contributed by atoms with Gasteiger partial charge in [0.2, 0.25) is 10.0 Å². The maximum absolute atomic E-state index is 12.2. The smallest absolute Gasteiger partial charge is 0.335 e. The van der Waals surface area contributed by atoms with Crippen LogP contribution in [0.5, 0.6) is 0 Å². The van der Waals surface area contributed by atoms with Gasteiger partial charge in [0.25, 0.3) is 0 Å². The maximum Gasteiger partial charge on any atom is 0.335 e. The zero-order chi connectivity index (χ0) is 15.6. The van der Waals surface area contributed by atoms with E-state index in [9.17, 15) is 13.2 Å². The van der Waals surface area contributed by atoms with Crippen LogP contribution in [0.25, 0.3) is 0 Å². The van der Waals surface area contributed by atoms with Crippen molar-refractivity contribution in [1.82, 2.24) is 9.88 Å². The molecule has 7 nitrogen and oxygen atoms in total. The number of aromatic nitrogens is 1. The molecule has 0 saturated heterocycles. The minimum atomic E-state index is -3.97. The monoisotopic (exact) mass is 330 g/mol. The highest BCUT2D eigenvalue weighted by Crippen LogP contribution is 2.23. The summed E-state index contributed by atoms with van der Waals surface area (Å²) in [6.45, 7) is 1.59. The lowest BCUT2D eigenvalue weighted by Crippen LogP contribution is -2.23. The van der Waals surface area contributed by atoms with Crippen molar-refractivity contribution < 1.29 is 22.8 Å². The van der Waals surface area contributed by atoms with Crippen LogP contribution < -0.4 is 4.72 Å². The third kappa shape index (κ3) is 3.60. The van der Waals surface area contributed by atoms with Crippen molar-refractivity contribution >= 4 is 27.6 Å². The molecular formula is C12H11ClN2O5S. The van der Waals surface area contributed by atoms with E-state index in [2.05, 4.69) is 9.88 Å². The summed E-state index contributed by atoms with van der Waals surface area (Å²) in [7, 11) is -3.97. The van der Waals surface area contributed by atoms with E-state index < -0.39 is 16.0 Å². The molecule has 0 radical (unpaired) electrons. The van der Waals surface area contributed by atoms with Gasteiger partial charge in [0.15, 0.2) is 5.76 Å². The Kier molecular flexibility index (Phi) is 4.31. The molecule has 0 aliphatic heterocycles. The molecule has 0 fully saturated rings. The average Bonchev–Trinajstić information content (AvgIpc) is 2.82. The van der Waals surface area contributed by atoms with Gasteiger partial charge < -0.3 is 9.63 Å². The molecule has 0 atom stereocenters. The molecule has 0 bridgehead atoms. The van der Waals surface area contributed by atoms with E-state index in [-0.39, 0.29) is 22.0 Å². The van der Waals surface area contributed by atoms with Gasteiger partial charge in [-0.05, 0) is 25.1 Å². The van der Waals surface area contributed by atoms with E-state index >= 15 is 0 Å². The van der Waals surface area contributed by atoms with Gasteiger partial charge in [-0.25, -0.2) is 17.9 Å². The van der Waals surface area contributed by atoms with Gasteiger partial charge >= 0.3 is 5.97 Å². The molecule has 0 amide bonds. The molecule has 9 heteroatoms. The van der Waals surface area contributed by atoms with Crippen LogP contribution in [0, 0.1) is 6.92 Å². The molecule has 2 rings (SSSR count). The molecule has 112 valence electrons. The summed E-state index contributed by atoms with van der Waals surface area (Å²) >= 11 is 5.82. The first kappa shape index (κ1) is 15.5. The Bertz CT molecular complexity index is 785. The van der Waals surface area contributed by atoms with Gasteiger partial charge in [-0.3, -0.25) is 0 Å². The van der Waals surface area contributed by atoms with Crippen LogP contribution in [0.15, 0.2) is 33.7 Å². The van der Waals surface area contributed by atoms with Crippen LogP contribution in [0.4, 0.5) is 0 Å². The molecule has 1 aromatic carbocycles. The van der Waals surface area contributed by atoms with Gasteiger partial charge in [0.05, 0.1) is 22.8 Å². The van der Waals surface area contributed by atoms with Crippen molar-refractivity contribution in [2.45, 2.75) is 18.4 Å². The van der Waals surface area contributed by atoms with Crippen molar-refractivity contribution in [2.75, 3.05) is 0 Å². The van der Waals surface area contributed by atoms with Gasteiger partial charge in [0, 0.05) is 6.07 Å². The Morgan fingerprint density at radius 2 is 2.14 bits per heavy atom. The third-order valence-corrected chi connectivity index (χ3v) is 4.46. The van der Waals surface area contributed by atoms with E-state index in [1.807, 2.05) is 0 Å². The number of carbonyl (C=O) groups is 1. The van der Waals surface area contributed by atoms with Crippen molar-refractivity contribution in [3.05, 3.63) is 46.3 Å². The lowest BCUT2D eigenvalue weighted by molar-refractivity contribution is 0.0696. The minimum absolute atomic E-state index is 0.0683. The summed E-state index contributed by atoms with van der Waals surface area (Å²) in [5.41, 5.74) is 0.449. The topological polar surface area (TPSA) is 110 Å². The zero-order valence-corrected chi connectivity index (χ0v) is 12.4.